The predicted octanol–water partition coefficient (Wildman–Crippen LogP) is 2.92. The maximum Gasteiger partial charge on any atom is 0.221 e. The van der Waals surface area contributed by atoms with E-state index in [1.165, 1.54) is 12.1 Å². The lowest BCUT2D eigenvalue weighted by Crippen LogP contribution is -2.43. The molecule has 128 valence electrons. The molecular weight excluding hydrogens is 295 g/mol. The van der Waals surface area contributed by atoms with E-state index < -0.39 is 5.54 Å². The van der Waals surface area contributed by atoms with Crippen molar-refractivity contribution in [2.75, 3.05) is 27.2 Å². The molecule has 1 amide bonds. The van der Waals surface area contributed by atoms with Gasteiger partial charge < -0.3 is 15.0 Å². The molecule has 4 nitrogen and oxygen atoms in total. The van der Waals surface area contributed by atoms with Crippen LogP contribution in [0.15, 0.2) is 18.2 Å². The number of rotatable bonds is 5. The minimum atomic E-state index is -0.689. The number of benzene rings is 1. The highest BCUT2D eigenvalue weighted by atomic mass is 19.1. The fourth-order valence-electron chi connectivity index (χ4n) is 3.34. The Morgan fingerprint density at radius 2 is 2.22 bits per heavy atom. The first-order valence-corrected chi connectivity index (χ1v) is 8.15. The number of likely N-dealkylation sites (tertiary alicyclic amines) is 1. The highest BCUT2D eigenvalue weighted by Gasteiger charge is 2.28. The van der Waals surface area contributed by atoms with Crippen molar-refractivity contribution in [3.63, 3.8) is 0 Å². The van der Waals surface area contributed by atoms with Crippen LogP contribution in [0.2, 0.25) is 0 Å². The summed E-state index contributed by atoms with van der Waals surface area (Å²) in [6.07, 6.45) is 2.72. The van der Waals surface area contributed by atoms with Gasteiger partial charge in [-0.2, -0.15) is 0 Å². The lowest BCUT2D eigenvalue weighted by molar-refractivity contribution is -0.124. The summed E-state index contributed by atoms with van der Waals surface area (Å²) in [6, 6.07) is 4.38. The third kappa shape index (κ3) is 4.67. The highest BCUT2D eigenvalue weighted by Crippen LogP contribution is 2.30. The van der Waals surface area contributed by atoms with Crippen molar-refractivity contribution in [2.24, 2.45) is 5.92 Å². The lowest BCUT2D eigenvalue weighted by Gasteiger charge is -2.32. The quantitative estimate of drug-likeness (QED) is 0.906. The second-order valence-electron chi connectivity index (χ2n) is 6.99. The van der Waals surface area contributed by atoms with Crippen molar-refractivity contribution < 1.29 is 13.9 Å². The minimum absolute atomic E-state index is 0.00149. The third-order valence-corrected chi connectivity index (χ3v) is 4.48. The molecule has 5 heteroatoms. The Morgan fingerprint density at radius 1 is 1.48 bits per heavy atom. The fraction of sp³-hybridized carbons (Fsp3) is 0.611. The topological polar surface area (TPSA) is 41.6 Å². The van der Waals surface area contributed by atoms with Gasteiger partial charge in [-0.25, -0.2) is 4.39 Å². The molecular formula is C18H27FN2O2. The van der Waals surface area contributed by atoms with E-state index >= 15 is 0 Å². The number of methoxy groups -OCH3 is 1. The van der Waals surface area contributed by atoms with E-state index in [-0.39, 0.29) is 11.7 Å². The number of amides is 1. The molecule has 1 aliphatic rings. The summed E-state index contributed by atoms with van der Waals surface area (Å²) in [5.74, 6) is 0.631. The van der Waals surface area contributed by atoms with Gasteiger partial charge in [-0.1, -0.05) is 0 Å². The molecule has 0 aliphatic carbocycles. The van der Waals surface area contributed by atoms with Crippen molar-refractivity contribution in [3.05, 3.63) is 29.6 Å². The molecule has 0 spiro atoms. The van der Waals surface area contributed by atoms with Crippen molar-refractivity contribution in [1.82, 2.24) is 10.2 Å². The summed E-state index contributed by atoms with van der Waals surface area (Å²) >= 11 is 0. The first-order valence-electron chi connectivity index (χ1n) is 8.15. The van der Waals surface area contributed by atoms with E-state index in [1.54, 1.807) is 13.2 Å². The normalized spacial score (nSPS) is 19.4. The van der Waals surface area contributed by atoms with Crippen LogP contribution in [0.5, 0.6) is 5.75 Å². The van der Waals surface area contributed by atoms with Crippen LogP contribution in [0.25, 0.3) is 0 Å². The zero-order valence-corrected chi connectivity index (χ0v) is 14.5. The first kappa shape index (κ1) is 17.7. The number of hydrogen-bond donors (Lipinski definition) is 1. The van der Waals surface area contributed by atoms with Crippen LogP contribution in [-0.2, 0) is 10.3 Å². The highest BCUT2D eigenvalue weighted by molar-refractivity contribution is 5.77. The molecule has 1 aromatic rings. The molecule has 23 heavy (non-hydrogen) atoms. The molecule has 1 fully saturated rings. The first-order chi connectivity index (χ1) is 10.8. The Bertz CT molecular complexity index is 560. The van der Waals surface area contributed by atoms with Crippen LogP contribution in [0, 0.1) is 11.7 Å². The van der Waals surface area contributed by atoms with E-state index in [1.807, 2.05) is 13.8 Å². The van der Waals surface area contributed by atoms with Crippen LogP contribution in [0.1, 0.15) is 38.7 Å². The molecule has 0 radical (unpaired) electrons. The number of piperidine rings is 1. The monoisotopic (exact) mass is 322 g/mol. The Balaban J connectivity index is 2.05. The molecule has 1 heterocycles. The number of halogens is 1. The zero-order chi connectivity index (χ0) is 17.0. The average molecular weight is 322 g/mol. The van der Waals surface area contributed by atoms with Crippen LogP contribution in [-0.4, -0.2) is 38.1 Å². The molecule has 1 aromatic carbocycles. The standard InChI is InChI=1S/C18H27FN2O2/c1-18(2,15-11-14(19)7-8-16(15)23-4)20-17(22)10-13-6-5-9-21(3)12-13/h7-8,11,13H,5-6,9-10,12H2,1-4H3,(H,20,22)/t13-/m0/s1. The molecule has 1 N–H and O–H groups in total. The van der Waals surface area contributed by atoms with Gasteiger partial charge in [0.25, 0.3) is 0 Å². The van der Waals surface area contributed by atoms with Gasteiger partial charge in [-0.15, -0.1) is 0 Å². The summed E-state index contributed by atoms with van der Waals surface area (Å²) < 4.78 is 18.9. The Hall–Kier alpha value is -1.62. The Kier molecular flexibility index (Phi) is 5.63. The molecule has 0 bridgehead atoms. The smallest absolute Gasteiger partial charge is 0.221 e. The SMILES string of the molecule is COc1ccc(F)cc1C(C)(C)NC(=O)C[C@@H]1CCCN(C)C1. The van der Waals surface area contributed by atoms with E-state index in [2.05, 4.69) is 17.3 Å². The maximum atomic E-state index is 13.6. The number of ether oxygens (including phenoxy) is 1. The fourth-order valence-corrected chi connectivity index (χ4v) is 3.34. The van der Waals surface area contributed by atoms with Gasteiger partial charge in [0.05, 0.1) is 12.6 Å². The number of nitrogens with one attached hydrogen (secondary N) is 1. The van der Waals surface area contributed by atoms with Gasteiger partial charge in [-0.05, 0) is 64.4 Å². The number of carbonyl (C=O) groups excluding carboxylic acids is 1. The minimum Gasteiger partial charge on any atom is -0.496 e. The Morgan fingerprint density at radius 3 is 2.87 bits per heavy atom. The van der Waals surface area contributed by atoms with Gasteiger partial charge >= 0.3 is 0 Å². The molecule has 1 aliphatic heterocycles. The largest absolute Gasteiger partial charge is 0.496 e. The van der Waals surface area contributed by atoms with Crippen molar-refractivity contribution >= 4 is 5.91 Å². The molecule has 0 saturated carbocycles. The Labute approximate surface area is 138 Å². The summed E-state index contributed by atoms with van der Waals surface area (Å²) in [5.41, 5.74) is -0.0421. The second kappa shape index (κ2) is 7.30. The van der Waals surface area contributed by atoms with Gasteiger partial charge in [0.15, 0.2) is 0 Å². The summed E-state index contributed by atoms with van der Waals surface area (Å²) in [7, 11) is 3.64. The van der Waals surface area contributed by atoms with Crippen LogP contribution < -0.4 is 10.1 Å². The molecule has 0 aromatic heterocycles. The summed E-state index contributed by atoms with van der Waals surface area (Å²) in [4.78, 5) is 14.7. The van der Waals surface area contributed by atoms with Gasteiger partial charge in [0.2, 0.25) is 5.91 Å². The van der Waals surface area contributed by atoms with Crippen LogP contribution in [0.4, 0.5) is 4.39 Å². The molecule has 0 unspecified atom stereocenters. The van der Waals surface area contributed by atoms with E-state index in [0.717, 1.165) is 25.9 Å². The van der Waals surface area contributed by atoms with E-state index in [9.17, 15) is 9.18 Å². The number of carbonyl (C=O) groups is 1. The van der Waals surface area contributed by atoms with Crippen molar-refractivity contribution in [1.29, 1.82) is 0 Å². The van der Waals surface area contributed by atoms with E-state index in [0.29, 0.717) is 23.7 Å². The summed E-state index contributed by atoms with van der Waals surface area (Å²) in [6.45, 7) is 5.80. The maximum absolute atomic E-state index is 13.6. The summed E-state index contributed by atoms with van der Waals surface area (Å²) in [5, 5.41) is 3.03. The predicted molar refractivity (Wildman–Crippen MR) is 89.0 cm³/mol. The number of hydrogen-bond acceptors (Lipinski definition) is 3. The van der Waals surface area contributed by atoms with Crippen molar-refractivity contribution in [3.8, 4) is 5.75 Å². The third-order valence-electron chi connectivity index (χ3n) is 4.48. The second-order valence-corrected chi connectivity index (χ2v) is 6.99. The average Bonchev–Trinajstić information content (AvgIpc) is 2.46. The number of nitrogens with zero attached hydrogens (tertiary/aromatic N) is 1. The van der Waals surface area contributed by atoms with Crippen molar-refractivity contribution in [2.45, 2.75) is 38.6 Å². The molecule has 1 atom stereocenters. The van der Waals surface area contributed by atoms with Gasteiger partial charge in [0, 0.05) is 18.5 Å². The van der Waals surface area contributed by atoms with Gasteiger partial charge in [-0.3, -0.25) is 4.79 Å². The molecule has 2 rings (SSSR count). The zero-order valence-electron chi connectivity index (χ0n) is 14.5. The lowest BCUT2D eigenvalue weighted by atomic mass is 9.91. The van der Waals surface area contributed by atoms with E-state index in [4.69, 9.17) is 4.74 Å². The van der Waals surface area contributed by atoms with Crippen LogP contribution >= 0.6 is 0 Å². The van der Waals surface area contributed by atoms with Gasteiger partial charge in [0.1, 0.15) is 11.6 Å². The molecule has 1 saturated heterocycles. The van der Waals surface area contributed by atoms with Crippen LogP contribution in [0.3, 0.4) is 0 Å².